The molecule has 1 unspecified atom stereocenters. The van der Waals surface area contributed by atoms with Gasteiger partial charge in [-0.2, -0.15) is 0 Å². The van der Waals surface area contributed by atoms with Crippen LogP contribution in [0.4, 0.5) is 0 Å². The lowest BCUT2D eigenvalue weighted by Gasteiger charge is -2.26. The van der Waals surface area contributed by atoms with Gasteiger partial charge >= 0.3 is 0 Å². The van der Waals surface area contributed by atoms with Crippen molar-refractivity contribution >= 4 is 16.9 Å². The van der Waals surface area contributed by atoms with Crippen LogP contribution in [0.1, 0.15) is 59.1 Å². The molecular formula is C29H36N2O5. The second kappa shape index (κ2) is 10.3. The van der Waals surface area contributed by atoms with Gasteiger partial charge in [0.2, 0.25) is 5.76 Å². The average Bonchev–Trinajstić information content (AvgIpc) is 3.10. The van der Waals surface area contributed by atoms with Crippen LogP contribution in [0, 0.1) is 19.8 Å². The first kappa shape index (κ1) is 25.8. The smallest absolute Gasteiger partial charge is 0.290 e. The number of carbonyl (C=O) groups is 1. The first-order valence-electron chi connectivity index (χ1n) is 12.5. The average molecular weight is 493 g/mol. The first-order chi connectivity index (χ1) is 17.1. The summed E-state index contributed by atoms with van der Waals surface area (Å²) in [4.78, 5) is 31.3. The Morgan fingerprint density at radius 3 is 2.44 bits per heavy atom. The van der Waals surface area contributed by atoms with Crippen molar-refractivity contribution in [2.75, 3.05) is 40.9 Å². The maximum Gasteiger partial charge on any atom is 0.290 e. The van der Waals surface area contributed by atoms with Crippen LogP contribution in [0.5, 0.6) is 11.5 Å². The summed E-state index contributed by atoms with van der Waals surface area (Å²) in [7, 11) is 5.60. The summed E-state index contributed by atoms with van der Waals surface area (Å²) < 4.78 is 17.7. The number of amides is 1. The Balaban J connectivity index is 1.86. The van der Waals surface area contributed by atoms with Crippen molar-refractivity contribution < 1.29 is 18.7 Å². The van der Waals surface area contributed by atoms with E-state index < -0.39 is 6.04 Å². The number of ether oxygens (including phenoxy) is 2. The Morgan fingerprint density at radius 1 is 1.06 bits per heavy atom. The van der Waals surface area contributed by atoms with Crippen LogP contribution in [-0.4, -0.2) is 56.6 Å². The molecule has 1 amide bonds. The molecule has 0 bridgehead atoms. The summed E-state index contributed by atoms with van der Waals surface area (Å²) in [6.07, 6.45) is 0.766. The molecule has 1 atom stereocenters. The van der Waals surface area contributed by atoms with E-state index >= 15 is 0 Å². The second-order valence-electron chi connectivity index (χ2n) is 10.3. The first-order valence-corrected chi connectivity index (χ1v) is 12.5. The van der Waals surface area contributed by atoms with Gasteiger partial charge in [-0.1, -0.05) is 19.9 Å². The molecule has 7 heteroatoms. The number of nitrogens with zero attached hydrogens (tertiary/aromatic N) is 2. The fraction of sp³-hybridized carbons (Fsp3) is 0.448. The Bertz CT molecular complexity index is 1340. The fourth-order valence-electron chi connectivity index (χ4n) is 4.64. The minimum Gasteiger partial charge on any atom is -0.493 e. The summed E-state index contributed by atoms with van der Waals surface area (Å²) in [5.41, 5.74) is 3.47. The topological polar surface area (TPSA) is 72.2 Å². The molecule has 4 rings (SSSR count). The molecule has 3 aromatic rings. The molecule has 1 aromatic heterocycles. The molecule has 0 aliphatic carbocycles. The van der Waals surface area contributed by atoms with Crippen LogP contribution in [0.2, 0.25) is 0 Å². The van der Waals surface area contributed by atoms with E-state index in [9.17, 15) is 9.59 Å². The minimum absolute atomic E-state index is 0.129. The number of methoxy groups -OCH3 is 1. The SMILES string of the molecule is COc1cc(C2c3c(oc4cc(C)c(C)cc4c3=O)C(=O)N2CCCN(C)C)ccc1OCC(C)C. The van der Waals surface area contributed by atoms with Crippen LogP contribution >= 0.6 is 0 Å². The van der Waals surface area contributed by atoms with Gasteiger partial charge in [-0.25, -0.2) is 0 Å². The second-order valence-corrected chi connectivity index (χ2v) is 10.3. The monoisotopic (exact) mass is 492 g/mol. The lowest BCUT2D eigenvalue weighted by atomic mass is 9.97. The van der Waals surface area contributed by atoms with Crippen molar-refractivity contribution in [1.82, 2.24) is 9.80 Å². The Labute approximate surface area is 212 Å². The predicted molar refractivity (Wildman–Crippen MR) is 141 cm³/mol. The molecule has 2 heterocycles. The van der Waals surface area contributed by atoms with E-state index in [1.807, 2.05) is 58.3 Å². The van der Waals surface area contributed by atoms with Gasteiger partial charge in [0.05, 0.1) is 30.7 Å². The highest BCUT2D eigenvalue weighted by molar-refractivity contribution is 5.99. The minimum atomic E-state index is -0.565. The number of aryl methyl sites for hydroxylation is 2. The quantitative estimate of drug-likeness (QED) is 0.421. The normalized spacial score (nSPS) is 15.3. The molecule has 0 N–H and O–H groups in total. The van der Waals surface area contributed by atoms with E-state index in [0.29, 0.717) is 47.1 Å². The van der Waals surface area contributed by atoms with Gasteiger partial charge in [-0.15, -0.1) is 0 Å². The van der Waals surface area contributed by atoms with Crippen molar-refractivity contribution in [1.29, 1.82) is 0 Å². The van der Waals surface area contributed by atoms with Crippen molar-refractivity contribution in [3.05, 3.63) is 68.6 Å². The van der Waals surface area contributed by atoms with Gasteiger partial charge in [0.25, 0.3) is 5.91 Å². The fourth-order valence-corrected chi connectivity index (χ4v) is 4.64. The molecule has 7 nitrogen and oxygen atoms in total. The van der Waals surface area contributed by atoms with Gasteiger partial charge in [-0.05, 0) is 87.8 Å². The maximum absolute atomic E-state index is 13.8. The zero-order chi connectivity index (χ0) is 26.1. The Hall–Kier alpha value is -3.32. The highest BCUT2D eigenvalue weighted by Gasteiger charge is 2.42. The number of rotatable bonds is 9. The zero-order valence-electron chi connectivity index (χ0n) is 22.3. The third-order valence-electron chi connectivity index (χ3n) is 6.66. The van der Waals surface area contributed by atoms with Crippen LogP contribution in [-0.2, 0) is 0 Å². The Morgan fingerprint density at radius 2 is 1.78 bits per heavy atom. The molecule has 0 saturated heterocycles. The van der Waals surface area contributed by atoms with Gasteiger partial charge in [0.15, 0.2) is 16.9 Å². The van der Waals surface area contributed by atoms with E-state index in [1.165, 1.54) is 0 Å². The van der Waals surface area contributed by atoms with Crippen LogP contribution < -0.4 is 14.9 Å². The third-order valence-corrected chi connectivity index (χ3v) is 6.66. The molecule has 36 heavy (non-hydrogen) atoms. The van der Waals surface area contributed by atoms with Gasteiger partial charge in [0.1, 0.15) is 5.58 Å². The van der Waals surface area contributed by atoms with Crippen molar-refractivity contribution in [3.8, 4) is 11.5 Å². The summed E-state index contributed by atoms with van der Waals surface area (Å²) >= 11 is 0. The van der Waals surface area contributed by atoms with Gasteiger partial charge < -0.3 is 23.7 Å². The molecule has 0 spiro atoms. The van der Waals surface area contributed by atoms with Crippen LogP contribution in [0.15, 0.2) is 39.5 Å². The molecule has 0 fully saturated rings. The summed E-state index contributed by atoms with van der Waals surface area (Å²) in [6.45, 7) is 9.98. The van der Waals surface area contributed by atoms with Crippen LogP contribution in [0.3, 0.4) is 0 Å². The van der Waals surface area contributed by atoms with E-state index in [2.05, 4.69) is 18.7 Å². The molecule has 0 saturated carbocycles. The Kier molecular flexibility index (Phi) is 7.41. The number of hydrogen-bond acceptors (Lipinski definition) is 6. The highest BCUT2D eigenvalue weighted by Crippen LogP contribution is 2.41. The van der Waals surface area contributed by atoms with Crippen molar-refractivity contribution in [2.24, 2.45) is 5.92 Å². The molecular weight excluding hydrogens is 456 g/mol. The summed E-state index contributed by atoms with van der Waals surface area (Å²) in [6, 6.07) is 8.77. The van der Waals surface area contributed by atoms with E-state index in [1.54, 1.807) is 12.0 Å². The van der Waals surface area contributed by atoms with E-state index in [-0.39, 0.29) is 17.1 Å². The molecule has 192 valence electrons. The van der Waals surface area contributed by atoms with Crippen LogP contribution in [0.25, 0.3) is 11.0 Å². The lowest BCUT2D eigenvalue weighted by molar-refractivity contribution is 0.0722. The van der Waals surface area contributed by atoms with E-state index in [0.717, 1.165) is 29.7 Å². The van der Waals surface area contributed by atoms with Crippen molar-refractivity contribution in [3.63, 3.8) is 0 Å². The third kappa shape index (κ3) is 4.85. The van der Waals surface area contributed by atoms with Crippen molar-refractivity contribution in [2.45, 2.75) is 40.2 Å². The molecule has 0 radical (unpaired) electrons. The highest BCUT2D eigenvalue weighted by atomic mass is 16.5. The summed E-state index contributed by atoms with van der Waals surface area (Å²) in [5.74, 6) is 1.44. The number of benzene rings is 2. The molecule has 1 aliphatic heterocycles. The van der Waals surface area contributed by atoms with E-state index in [4.69, 9.17) is 13.9 Å². The number of hydrogen-bond donors (Lipinski definition) is 0. The largest absolute Gasteiger partial charge is 0.493 e. The molecule has 2 aromatic carbocycles. The molecule has 1 aliphatic rings. The number of fused-ring (bicyclic) bond motifs is 2. The van der Waals surface area contributed by atoms with Gasteiger partial charge in [0, 0.05) is 6.54 Å². The van der Waals surface area contributed by atoms with Gasteiger partial charge in [-0.3, -0.25) is 9.59 Å². The summed E-state index contributed by atoms with van der Waals surface area (Å²) in [5, 5.41) is 0.494. The zero-order valence-corrected chi connectivity index (χ0v) is 22.3. The predicted octanol–water partition coefficient (Wildman–Crippen LogP) is 4.95. The number of carbonyl (C=O) groups excluding carboxylic acids is 1. The maximum atomic E-state index is 13.8. The standard InChI is InChI=1S/C29H36N2O5/c1-17(2)16-35-22-10-9-20(15-24(22)34-7)26-25-27(32)21-13-18(3)19(4)14-23(21)36-28(25)29(33)31(26)12-8-11-30(5)6/h9-10,13-15,17,26H,8,11-12,16H2,1-7H3. The lowest BCUT2D eigenvalue weighted by Crippen LogP contribution is -2.32.